The van der Waals surface area contributed by atoms with E-state index < -0.39 is 0 Å². The Kier molecular flexibility index (Phi) is 11.4. The second-order valence-electron chi connectivity index (χ2n) is 13.3. The molecule has 4 aliphatic rings. The quantitative estimate of drug-likeness (QED) is 0.203. The Morgan fingerprint density at radius 3 is 1.88 bits per heavy atom. The van der Waals surface area contributed by atoms with Gasteiger partial charge in [-0.2, -0.15) is 0 Å². The number of halogens is 2. The van der Waals surface area contributed by atoms with Gasteiger partial charge < -0.3 is 24.0 Å². The van der Waals surface area contributed by atoms with E-state index in [1.54, 1.807) is 4.90 Å². The minimum atomic E-state index is -0.238. The van der Waals surface area contributed by atoms with Crippen LogP contribution in [0.4, 0.5) is 4.79 Å². The van der Waals surface area contributed by atoms with Gasteiger partial charge in [0.05, 0.1) is 24.6 Å². The highest BCUT2D eigenvalue weighted by Crippen LogP contribution is 2.42. The van der Waals surface area contributed by atoms with Crippen molar-refractivity contribution in [2.24, 2.45) is 0 Å². The summed E-state index contributed by atoms with van der Waals surface area (Å²) in [5.41, 5.74) is 11.7. The van der Waals surface area contributed by atoms with Crippen LogP contribution in [0, 0.1) is 0 Å². The third-order valence-corrected chi connectivity index (χ3v) is 10.7. The van der Waals surface area contributed by atoms with Gasteiger partial charge in [0.1, 0.15) is 18.1 Å². The SMILES string of the molecule is CCN1CCC(=C2c3ccc(Cl)cc3OCc3cccnc32)CC1.CCOC(=O)N1CCC(=C2c3ccc(Cl)cc3OCCc3cccnc32)CC1. The van der Waals surface area contributed by atoms with Crippen LogP contribution >= 0.6 is 23.2 Å². The molecule has 4 aliphatic heterocycles. The summed E-state index contributed by atoms with van der Waals surface area (Å²) < 4.78 is 17.2. The predicted molar refractivity (Wildman–Crippen MR) is 206 cm³/mol. The molecule has 2 aromatic carbocycles. The minimum absolute atomic E-state index is 0.238. The lowest BCUT2D eigenvalue weighted by Crippen LogP contribution is -2.37. The molecule has 0 unspecified atom stereocenters. The average Bonchev–Trinajstić information content (AvgIpc) is 3.33. The summed E-state index contributed by atoms with van der Waals surface area (Å²) in [5.74, 6) is 1.65. The van der Waals surface area contributed by atoms with Crippen LogP contribution in [0.5, 0.6) is 11.5 Å². The van der Waals surface area contributed by atoms with Gasteiger partial charge in [0.25, 0.3) is 0 Å². The highest BCUT2D eigenvalue weighted by atomic mass is 35.5. The number of hydrogen-bond acceptors (Lipinski definition) is 7. The van der Waals surface area contributed by atoms with Crippen molar-refractivity contribution in [2.45, 2.75) is 52.6 Å². The molecule has 0 bridgehead atoms. The van der Waals surface area contributed by atoms with E-state index in [2.05, 4.69) is 30.0 Å². The Hall–Kier alpha value is -4.37. The first kappa shape index (κ1) is 36.0. The topological polar surface area (TPSA) is 77.0 Å². The maximum atomic E-state index is 12.1. The van der Waals surface area contributed by atoms with Crippen molar-refractivity contribution in [3.05, 3.63) is 128 Å². The summed E-state index contributed by atoms with van der Waals surface area (Å²) in [7, 11) is 0. The lowest BCUT2D eigenvalue weighted by Gasteiger charge is -2.30. The highest BCUT2D eigenvalue weighted by Gasteiger charge is 2.28. The number of nitrogens with zero attached hydrogens (tertiary/aromatic N) is 4. The van der Waals surface area contributed by atoms with Crippen LogP contribution in [0.1, 0.15) is 73.2 Å². The maximum absolute atomic E-state index is 12.1. The Balaban J connectivity index is 0.000000164. The van der Waals surface area contributed by atoms with E-state index in [1.165, 1.54) is 22.3 Å². The number of benzene rings is 2. The first-order chi connectivity index (χ1) is 25.4. The first-order valence-corrected chi connectivity index (χ1v) is 19.0. The van der Waals surface area contributed by atoms with Crippen LogP contribution in [0.3, 0.4) is 0 Å². The molecule has 4 aromatic rings. The van der Waals surface area contributed by atoms with Crippen molar-refractivity contribution in [1.82, 2.24) is 19.8 Å². The fourth-order valence-corrected chi connectivity index (χ4v) is 7.82. The van der Waals surface area contributed by atoms with E-state index in [-0.39, 0.29) is 6.09 Å². The Bertz CT molecular complexity index is 1990. The summed E-state index contributed by atoms with van der Waals surface area (Å²) in [6.45, 7) is 10.2. The standard InChI is InChI=1S/C22H23ClN2O3.C20H21ClN2O/c1-2-27-22(26)25-11-7-15(8-12-25)20-18-6-5-17(23)14-19(18)28-13-9-16-4-3-10-24-21(16)20;1-2-23-10-7-14(8-11-23)19-17-6-5-16(21)12-18(17)24-13-15-4-3-9-22-20(15)19/h3-6,10,14H,2,7-9,11-13H2,1H3;3-6,9,12H,2,7-8,10-11,13H2,1H3. The number of aromatic nitrogens is 2. The zero-order valence-corrected chi connectivity index (χ0v) is 31.3. The number of ether oxygens (including phenoxy) is 3. The van der Waals surface area contributed by atoms with Gasteiger partial charge in [-0.3, -0.25) is 9.97 Å². The number of piperidine rings is 2. The molecule has 52 heavy (non-hydrogen) atoms. The van der Waals surface area contributed by atoms with Crippen LogP contribution in [-0.4, -0.2) is 71.8 Å². The van der Waals surface area contributed by atoms with Crippen molar-refractivity contribution in [1.29, 1.82) is 0 Å². The number of hydrogen-bond donors (Lipinski definition) is 0. The Morgan fingerprint density at radius 2 is 1.29 bits per heavy atom. The minimum Gasteiger partial charge on any atom is -0.493 e. The summed E-state index contributed by atoms with van der Waals surface area (Å²) in [6.07, 6.45) is 8.01. The first-order valence-electron chi connectivity index (χ1n) is 18.3. The molecule has 0 saturated carbocycles. The molecular weight excluding hydrogens is 695 g/mol. The lowest BCUT2D eigenvalue weighted by atomic mass is 9.87. The molecule has 2 fully saturated rings. The number of fused-ring (bicyclic) bond motifs is 4. The summed E-state index contributed by atoms with van der Waals surface area (Å²) in [6, 6.07) is 19.9. The largest absolute Gasteiger partial charge is 0.493 e. The second-order valence-corrected chi connectivity index (χ2v) is 14.1. The number of rotatable bonds is 2. The van der Waals surface area contributed by atoms with Crippen LogP contribution in [0.15, 0.2) is 84.2 Å². The number of amides is 1. The van der Waals surface area contributed by atoms with Crippen molar-refractivity contribution in [3.63, 3.8) is 0 Å². The van der Waals surface area contributed by atoms with Crippen LogP contribution < -0.4 is 9.47 Å². The van der Waals surface area contributed by atoms with E-state index in [1.807, 2.05) is 61.8 Å². The average molecular weight is 740 g/mol. The number of carbonyl (C=O) groups excluding carboxylic acids is 1. The monoisotopic (exact) mass is 738 g/mol. The molecule has 1 amide bonds. The van der Waals surface area contributed by atoms with E-state index in [0.29, 0.717) is 43.0 Å². The normalized spacial score (nSPS) is 17.0. The van der Waals surface area contributed by atoms with Crippen molar-refractivity contribution < 1.29 is 19.0 Å². The van der Waals surface area contributed by atoms with E-state index in [0.717, 1.165) is 96.9 Å². The van der Waals surface area contributed by atoms with Gasteiger partial charge in [-0.1, -0.05) is 53.4 Å². The van der Waals surface area contributed by atoms with Gasteiger partial charge in [0, 0.05) is 82.9 Å². The van der Waals surface area contributed by atoms with Gasteiger partial charge in [-0.25, -0.2) is 4.79 Å². The molecule has 0 N–H and O–H groups in total. The van der Waals surface area contributed by atoms with Gasteiger partial charge >= 0.3 is 6.09 Å². The van der Waals surface area contributed by atoms with Crippen LogP contribution in [0.25, 0.3) is 11.1 Å². The molecular formula is C42H44Cl2N4O4. The fraction of sp³-hybridized carbons (Fsp3) is 0.357. The molecule has 6 heterocycles. The molecule has 2 saturated heterocycles. The van der Waals surface area contributed by atoms with E-state index in [9.17, 15) is 4.79 Å². The maximum Gasteiger partial charge on any atom is 0.409 e. The highest BCUT2D eigenvalue weighted by molar-refractivity contribution is 6.31. The third kappa shape index (κ3) is 7.85. The smallest absolute Gasteiger partial charge is 0.409 e. The molecule has 8 nitrogen and oxygen atoms in total. The fourth-order valence-electron chi connectivity index (χ4n) is 7.50. The zero-order chi connectivity index (χ0) is 36.0. The van der Waals surface area contributed by atoms with Gasteiger partial charge in [-0.15, -0.1) is 0 Å². The van der Waals surface area contributed by atoms with Gasteiger partial charge in [0.15, 0.2) is 0 Å². The van der Waals surface area contributed by atoms with E-state index in [4.69, 9.17) is 47.4 Å². The lowest BCUT2D eigenvalue weighted by molar-refractivity contribution is 0.104. The number of likely N-dealkylation sites (tertiary alicyclic amines) is 2. The zero-order valence-electron chi connectivity index (χ0n) is 29.8. The Morgan fingerprint density at radius 1 is 0.731 bits per heavy atom. The molecule has 2 aromatic heterocycles. The van der Waals surface area contributed by atoms with Crippen molar-refractivity contribution in [2.75, 3.05) is 45.9 Å². The second kappa shape index (κ2) is 16.5. The molecule has 270 valence electrons. The van der Waals surface area contributed by atoms with Gasteiger partial charge in [0.2, 0.25) is 0 Å². The summed E-state index contributed by atoms with van der Waals surface area (Å²) in [4.78, 5) is 25.8. The number of pyridine rings is 2. The Labute approximate surface area is 316 Å². The molecule has 0 atom stereocenters. The molecule has 0 aliphatic carbocycles. The van der Waals surface area contributed by atoms with Crippen LogP contribution in [-0.2, 0) is 17.8 Å². The van der Waals surface area contributed by atoms with Gasteiger partial charge in [-0.05, 0) is 93.2 Å². The molecule has 10 heteroatoms. The van der Waals surface area contributed by atoms with Crippen molar-refractivity contribution in [3.8, 4) is 11.5 Å². The molecule has 0 radical (unpaired) electrons. The van der Waals surface area contributed by atoms with Crippen LogP contribution in [0.2, 0.25) is 10.0 Å². The van der Waals surface area contributed by atoms with Crippen molar-refractivity contribution >= 4 is 40.4 Å². The molecule has 0 spiro atoms. The summed E-state index contributed by atoms with van der Waals surface area (Å²) in [5, 5.41) is 1.36. The summed E-state index contributed by atoms with van der Waals surface area (Å²) >= 11 is 12.4. The number of carbonyl (C=O) groups is 1. The molecule has 8 rings (SSSR count). The third-order valence-electron chi connectivity index (χ3n) is 10.2. The predicted octanol–water partition coefficient (Wildman–Crippen LogP) is 9.27. The van der Waals surface area contributed by atoms with E-state index >= 15 is 0 Å².